The van der Waals surface area contributed by atoms with Crippen LogP contribution in [0.3, 0.4) is 0 Å². The molecule has 0 amide bonds. The number of methoxy groups -OCH3 is 1. The maximum Gasteiger partial charge on any atom is 0.341 e. The van der Waals surface area contributed by atoms with Crippen LogP contribution >= 0.6 is 0 Å². The van der Waals surface area contributed by atoms with Crippen LogP contribution in [0.1, 0.15) is 28.7 Å². The summed E-state index contributed by atoms with van der Waals surface area (Å²) in [6, 6.07) is 6.47. The van der Waals surface area contributed by atoms with Crippen LogP contribution in [-0.2, 0) is 21.8 Å². The first kappa shape index (κ1) is 18.9. The number of ether oxygens (including phenoxy) is 2. The second kappa shape index (κ2) is 7.18. The molecule has 1 heterocycles. The average molecular weight is 366 g/mol. The summed E-state index contributed by atoms with van der Waals surface area (Å²) in [4.78, 5) is 12.2. The van der Waals surface area contributed by atoms with Crippen molar-refractivity contribution in [3.8, 4) is 5.75 Å². The molecule has 1 N–H and O–H groups in total. The van der Waals surface area contributed by atoms with Gasteiger partial charge in [-0.2, -0.15) is 0 Å². The summed E-state index contributed by atoms with van der Waals surface area (Å²) in [6.07, 6.45) is 0. The van der Waals surface area contributed by atoms with E-state index in [2.05, 4.69) is 4.72 Å². The second-order valence-corrected chi connectivity index (χ2v) is 7.11. The van der Waals surface area contributed by atoms with Gasteiger partial charge < -0.3 is 14.0 Å². The highest BCUT2D eigenvalue weighted by Crippen LogP contribution is 2.29. The molecule has 0 bridgehead atoms. The number of anilines is 1. The van der Waals surface area contributed by atoms with E-state index in [-0.39, 0.29) is 17.1 Å². The van der Waals surface area contributed by atoms with Crippen LogP contribution in [0.5, 0.6) is 5.75 Å². The third kappa shape index (κ3) is 3.63. The third-order valence-electron chi connectivity index (χ3n) is 4.01. The number of sulfonamides is 1. The molecule has 0 unspecified atom stereocenters. The lowest BCUT2D eigenvalue weighted by Crippen LogP contribution is -2.18. The minimum absolute atomic E-state index is 0.0582. The Bertz CT molecular complexity index is 883. The van der Waals surface area contributed by atoms with Gasteiger partial charge in [-0.3, -0.25) is 4.72 Å². The molecule has 25 heavy (non-hydrogen) atoms. The van der Waals surface area contributed by atoms with E-state index < -0.39 is 16.0 Å². The van der Waals surface area contributed by atoms with Gasteiger partial charge in [-0.25, -0.2) is 13.2 Å². The van der Waals surface area contributed by atoms with Crippen molar-refractivity contribution in [2.24, 2.45) is 7.05 Å². The lowest BCUT2D eigenvalue weighted by molar-refractivity contribution is 0.0521. The van der Waals surface area contributed by atoms with Gasteiger partial charge in [0.25, 0.3) is 10.0 Å². The van der Waals surface area contributed by atoms with Gasteiger partial charge in [0.2, 0.25) is 0 Å². The molecule has 0 aliphatic carbocycles. The Morgan fingerprint density at radius 3 is 2.28 bits per heavy atom. The maximum absolute atomic E-state index is 12.9. The van der Waals surface area contributed by atoms with Crippen LogP contribution < -0.4 is 9.46 Å². The first-order valence-electron chi connectivity index (χ1n) is 7.72. The number of aromatic nitrogens is 1. The number of esters is 1. The third-order valence-corrected chi connectivity index (χ3v) is 5.56. The maximum atomic E-state index is 12.9. The summed E-state index contributed by atoms with van der Waals surface area (Å²) in [5, 5.41) is 0. The van der Waals surface area contributed by atoms with E-state index in [1.165, 1.54) is 7.11 Å². The first-order valence-corrected chi connectivity index (χ1v) is 9.21. The Balaban J connectivity index is 2.51. The SMILES string of the molecule is CCOC(=O)c1c(S(=O)(=O)Nc2ccc(OC)cc2)c(C)n(C)c1C. The highest BCUT2D eigenvalue weighted by atomic mass is 32.2. The molecule has 7 nitrogen and oxygen atoms in total. The molecule has 8 heteroatoms. The molecule has 2 aromatic rings. The monoisotopic (exact) mass is 366 g/mol. The predicted octanol–water partition coefficient (Wildman–Crippen LogP) is 2.63. The smallest absolute Gasteiger partial charge is 0.341 e. The van der Waals surface area contributed by atoms with E-state index in [0.29, 0.717) is 22.8 Å². The molecular weight excluding hydrogens is 344 g/mol. The lowest BCUT2D eigenvalue weighted by atomic mass is 10.2. The number of carbonyl (C=O) groups is 1. The highest BCUT2D eigenvalue weighted by Gasteiger charge is 2.31. The van der Waals surface area contributed by atoms with Crippen molar-refractivity contribution in [1.82, 2.24) is 4.57 Å². The van der Waals surface area contributed by atoms with Gasteiger partial charge in [0.1, 0.15) is 16.2 Å². The minimum atomic E-state index is -3.97. The van der Waals surface area contributed by atoms with E-state index in [1.807, 2.05) is 0 Å². The molecule has 0 aliphatic rings. The molecule has 136 valence electrons. The molecule has 1 aromatic heterocycles. The second-order valence-electron chi connectivity index (χ2n) is 5.49. The summed E-state index contributed by atoms with van der Waals surface area (Å²) in [5.41, 5.74) is 1.42. The molecule has 0 saturated carbocycles. The fraction of sp³-hybridized carbons (Fsp3) is 0.353. The van der Waals surface area contributed by atoms with E-state index >= 15 is 0 Å². The van der Waals surface area contributed by atoms with Gasteiger partial charge >= 0.3 is 5.97 Å². The number of rotatable bonds is 6. The number of hydrogen-bond acceptors (Lipinski definition) is 5. The van der Waals surface area contributed by atoms with Gasteiger partial charge in [-0.15, -0.1) is 0 Å². The molecule has 0 atom stereocenters. The van der Waals surface area contributed by atoms with Crippen molar-refractivity contribution in [1.29, 1.82) is 0 Å². The van der Waals surface area contributed by atoms with E-state index in [1.54, 1.807) is 56.7 Å². The van der Waals surface area contributed by atoms with Crippen molar-refractivity contribution in [3.63, 3.8) is 0 Å². The fourth-order valence-corrected chi connectivity index (χ4v) is 4.13. The zero-order valence-electron chi connectivity index (χ0n) is 14.9. The lowest BCUT2D eigenvalue weighted by Gasteiger charge is -2.11. The molecule has 1 aromatic carbocycles. The Morgan fingerprint density at radius 1 is 1.16 bits per heavy atom. The van der Waals surface area contributed by atoms with Crippen molar-refractivity contribution < 1.29 is 22.7 Å². The van der Waals surface area contributed by atoms with E-state index in [0.717, 1.165) is 0 Å². The van der Waals surface area contributed by atoms with Gasteiger partial charge in [0.15, 0.2) is 0 Å². The summed E-state index contributed by atoms with van der Waals surface area (Å²) >= 11 is 0. The zero-order chi connectivity index (χ0) is 18.8. The quantitative estimate of drug-likeness (QED) is 0.794. The summed E-state index contributed by atoms with van der Waals surface area (Å²) in [6.45, 7) is 5.17. The van der Waals surface area contributed by atoms with Crippen molar-refractivity contribution in [2.75, 3.05) is 18.4 Å². The Kier molecular flexibility index (Phi) is 5.42. The molecule has 0 radical (unpaired) electrons. The largest absolute Gasteiger partial charge is 0.497 e. The summed E-state index contributed by atoms with van der Waals surface area (Å²) < 4.78 is 40.1. The topological polar surface area (TPSA) is 86.6 Å². The molecule has 2 rings (SSSR count). The minimum Gasteiger partial charge on any atom is -0.497 e. The highest BCUT2D eigenvalue weighted by molar-refractivity contribution is 7.92. The Morgan fingerprint density at radius 2 is 1.76 bits per heavy atom. The standard InChI is InChI=1S/C17H22N2O5S/c1-6-24-17(20)15-11(2)19(4)12(3)16(15)25(21,22)18-13-7-9-14(23-5)10-8-13/h7-10,18H,6H2,1-5H3. The Labute approximate surface area is 147 Å². The van der Waals surface area contributed by atoms with Crippen LogP contribution in [0.15, 0.2) is 29.2 Å². The van der Waals surface area contributed by atoms with E-state index in [4.69, 9.17) is 9.47 Å². The number of nitrogens with one attached hydrogen (secondary N) is 1. The van der Waals surface area contributed by atoms with Gasteiger partial charge in [0.05, 0.1) is 13.7 Å². The van der Waals surface area contributed by atoms with Crippen molar-refractivity contribution in [2.45, 2.75) is 25.7 Å². The van der Waals surface area contributed by atoms with Crippen LogP contribution in [0.2, 0.25) is 0 Å². The Hall–Kier alpha value is -2.48. The van der Waals surface area contributed by atoms with E-state index in [9.17, 15) is 13.2 Å². The van der Waals surface area contributed by atoms with Crippen LogP contribution in [0.25, 0.3) is 0 Å². The number of benzene rings is 1. The molecule has 0 saturated heterocycles. The van der Waals surface area contributed by atoms with Gasteiger partial charge in [0, 0.05) is 24.1 Å². The average Bonchev–Trinajstić information content (AvgIpc) is 2.80. The first-order chi connectivity index (χ1) is 11.7. The van der Waals surface area contributed by atoms with Gasteiger partial charge in [-0.1, -0.05) is 0 Å². The van der Waals surface area contributed by atoms with Gasteiger partial charge in [-0.05, 0) is 45.0 Å². The predicted molar refractivity (Wildman–Crippen MR) is 94.6 cm³/mol. The molecule has 0 spiro atoms. The fourth-order valence-electron chi connectivity index (χ4n) is 2.55. The molecule has 0 aliphatic heterocycles. The van der Waals surface area contributed by atoms with Crippen LogP contribution in [-0.4, -0.2) is 32.7 Å². The van der Waals surface area contributed by atoms with Crippen molar-refractivity contribution in [3.05, 3.63) is 41.2 Å². The summed E-state index contributed by atoms with van der Waals surface area (Å²) in [5.74, 6) is -0.0410. The molecular formula is C17H22N2O5S. The molecule has 0 fully saturated rings. The summed E-state index contributed by atoms with van der Waals surface area (Å²) in [7, 11) is -0.735. The normalized spacial score (nSPS) is 11.2. The van der Waals surface area contributed by atoms with Crippen LogP contribution in [0.4, 0.5) is 5.69 Å². The van der Waals surface area contributed by atoms with Crippen molar-refractivity contribution >= 4 is 21.7 Å². The number of hydrogen-bond donors (Lipinski definition) is 1. The zero-order valence-corrected chi connectivity index (χ0v) is 15.7. The number of carbonyl (C=O) groups excluding carboxylic acids is 1. The number of nitrogens with zero attached hydrogens (tertiary/aromatic N) is 1. The van der Waals surface area contributed by atoms with Crippen LogP contribution in [0, 0.1) is 13.8 Å².